The van der Waals surface area contributed by atoms with Crippen molar-refractivity contribution in [3.63, 3.8) is 0 Å². The Kier molecular flexibility index (Phi) is 5.17. The molecular formula is C17H18BrClO2. The molecule has 0 saturated carbocycles. The molecule has 0 aliphatic carbocycles. The van der Waals surface area contributed by atoms with E-state index in [2.05, 4.69) is 41.9 Å². The summed E-state index contributed by atoms with van der Waals surface area (Å²) < 4.78 is 11.6. The van der Waals surface area contributed by atoms with Crippen molar-refractivity contribution in [1.82, 2.24) is 0 Å². The number of hydrogen-bond acceptors (Lipinski definition) is 2. The van der Waals surface area contributed by atoms with Gasteiger partial charge in [0.25, 0.3) is 0 Å². The Labute approximate surface area is 139 Å². The lowest BCUT2D eigenvalue weighted by atomic mass is 9.96. The van der Waals surface area contributed by atoms with Crippen LogP contribution >= 0.6 is 27.5 Å². The van der Waals surface area contributed by atoms with Crippen LogP contribution in [0.5, 0.6) is 11.5 Å². The first kappa shape index (κ1) is 16.2. The molecule has 0 amide bonds. The van der Waals surface area contributed by atoms with Crippen LogP contribution in [0.4, 0.5) is 0 Å². The smallest absolute Gasteiger partial charge is 0.141 e. The van der Waals surface area contributed by atoms with Crippen LogP contribution < -0.4 is 9.47 Å². The lowest BCUT2D eigenvalue weighted by Gasteiger charge is -2.19. The molecular weight excluding hydrogens is 352 g/mol. The molecule has 0 aliphatic heterocycles. The van der Waals surface area contributed by atoms with E-state index in [1.165, 1.54) is 11.1 Å². The third kappa shape index (κ3) is 3.04. The number of ether oxygens (including phenoxy) is 2. The first-order valence-corrected chi connectivity index (χ1v) is 7.84. The Morgan fingerprint density at radius 2 is 1.71 bits per heavy atom. The van der Waals surface area contributed by atoms with Crippen LogP contribution in [0.2, 0.25) is 0 Å². The standard InChI is InChI=1S/C17H18BrClO2/c1-10-6-5-7-12(11(10)2)16(19)13-8-9-14(20-3)15(18)17(13)21-4/h5-9,16H,1-4H3. The number of hydrogen-bond donors (Lipinski definition) is 0. The van der Waals surface area contributed by atoms with Gasteiger partial charge in [0.15, 0.2) is 0 Å². The summed E-state index contributed by atoms with van der Waals surface area (Å²) in [4.78, 5) is 0. The van der Waals surface area contributed by atoms with E-state index in [1.807, 2.05) is 18.2 Å². The van der Waals surface area contributed by atoms with E-state index in [9.17, 15) is 0 Å². The second-order valence-electron chi connectivity index (χ2n) is 4.86. The second kappa shape index (κ2) is 6.71. The first-order chi connectivity index (χ1) is 10.0. The third-order valence-electron chi connectivity index (χ3n) is 3.71. The highest BCUT2D eigenvalue weighted by Gasteiger charge is 2.21. The van der Waals surface area contributed by atoms with Crippen LogP contribution in [0, 0.1) is 13.8 Å². The maximum absolute atomic E-state index is 6.72. The molecule has 0 spiro atoms. The monoisotopic (exact) mass is 368 g/mol. The molecule has 21 heavy (non-hydrogen) atoms. The summed E-state index contributed by atoms with van der Waals surface area (Å²) in [5.41, 5.74) is 4.43. The van der Waals surface area contributed by atoms with E-state index in [0.717, 1.165) is 21.3 Å². The van der Waals surface area contributed by atoms with Gasteiger partial charge in [0.2, 0.25) is 0 Å². The summed E-state index contributed by atoms with van der Waals surface area (Å²) in [5, 5.41) is -0.276. The minimum absolute atomic E-state index is 0.276. The molecule has 2 aromatic carbocycles. The number of aryl methyl sites for hydroxylation is 1. The van der Waals surface area contributed by atoms with Gasteiger partial charge in [-0.3, -0.25) is 0 Å². The topological polar surface area (TPSA) is 18.5 Å². The molecule has 0 aromatic heterocycles. The molecule has 0 fully saturated rings. The molecule has 2 aromatic rings. The van der Waals surface area contributed by atoms with Gasteiger partial charge in [0, 0.05) is 5.56 Å². The summed E-state index contributed by atoms with van der Waals surface area (Å²) in [5.74, 6) is 1.43. The Balaban J connectivity index is 2.56. The molecule has 0 aliphatic rings. The van der Waals surface area contributed by atoms with Crippen molar-refractivity contribution in [2.75, 3.05) is 14.2 Å². The normalized spacial score (nSPS) is 12.1. The van der Waals surface area contributed by atoms with Gasteiger partial charge in [0.1, 0.15) is 16.0 Å². The summed E-state index contributed by atoms with van der Waals surface area (Å²) in [7, 11) is 3.26. The maximum Gasteiger partial charge on any atom is 0.141 e. The molecule has 1 atom stereocenters. The van der Waals surface area contributed by atoms with Gasteiger partial charge in [-0.25, -0.2) is 0 Å². The lowest BCUT2D eigenvalue weighted by Crippen LogP contribution is -2.02. The van der Waals surface area contributed by atoms with Crippen molar-refractivity contribution < 1.29 is 9.47 Å². The maximum atomic E-state index is 6.72. The zero-order chi connectivity index (χ0) is 15.6. The van der Waals surface area contributed by atoms with Crippen molar-refractivity contribution in [3.8, 4) is 11.5 Å². The zero-order valence-corrected chi connectivity index (χ0v) is 14.9. The average Bonchev–Trinajstić information content (AvgIpc) is 2.49. The quantitative estimate of drug-likeness (QED) is 0.671. The van der Waals surface area contributed by atoms with Gasteiger partial charge in [-0.1, -0.05) is 18.2 Å². The van der Waals surface area contributed by atoms with Crippen LogP contribution in [-0.2, 0) is 0 Å². The molecule has 2 rings (SSSR count). The van der Waals surface area contributed by atoms with E-state index in [-0.39, 0.29) is 5.38 Å². The van der Waals surface area contributed by atoms with Crippen LogP contribution in [0.3, 0.4) is 0 Å². The average molecular weight is 370 g/mol. The molecule has 0 heterocycles. The minimum atomic E-state index is -0.276. The summed E-state index contributed by atoms with van der Waals surface area (Å²) >= 11 is 10.2. The number of rotatable bonds is 4. The Morgan fingerprint density at radius 3 is 2.33 bits per heavy atom. The van der Waals surface area contributed by atoms with Crippen molar-refractivity contribution >= 4 is 27.5 Å². The third-order valence-corrected chi connectivity index (χ3v) is 4.93. The van der Waals surface area contributed by atoms with Crippen molar-refractivity contribution in [3.05, 3.63) is 57.1 Å². The number of methoxy groups -OCH3 is 2. The Morgan fingerprint density at radius 1 is 1.00 bits per heavy atom. The highest BCUT2D eigenvalue weighted by atomic mass is 79.9. The van der Waals surface area contributed by atoms with Gasteiger partial charge in [-0.15, -0.1) is 11.6 Å². The molecule has 0 radical (unpaired) electrons. The lowest BCUT2D eigenvalue weighted by molar-refractivity contribution is 0.386. The summed E-state index contributed by atoms with van der Waals surface area (Å²) in [6.07, 6.45) is 0. The highest BCUT2D eigenvalue weighted by Crippen LogP contribution is 2.44. The predicted octanol–water partition coefficient (Wildman–Crippen LogP) is 5.41. The van der Waals surface area contributed by atoms with Crippen molar-refractivity contribution in [2.45, 2.75) is 19.2 Å². The van der Waals surface area contributed by atoms with Gasteiger partial charge in [-0.2, -0.15) is 0 Å². The van der Waals surface area contributed by atoms with Crippen LogP contribution in [-0.4, -0.2) is 14.2 Å². The molecule has 112 valence electrons. The predicted molar refractivity (Wildman–Crippen MR) is 90.9 cm³/mol. The van der Waals surface area contributed by atoms with E-state index < -0.39 is 0 Å². The van der Waals surface area contributed by atoms with E-state index >= 15 is 0 Å². The fraction of sp³-hybridized carbons (Fsp3) is 0.294. The molecule has 0 bridgehead atoms. The SMILES string of the molecule is COc1ccc(C(Cl)c2cccc(C)c2C)c(OC)c1Br. The van der Waals surface area contributed by atoms with E-state index in [4.69, 9.17) is 21.1 Å². The Bertz CT molecular complexity index is 655. The summed E-state index contributed by atoms with van der Waals surface area (Å²) in [6.45, 7) is 4.18. The van der Waals surface area contributed by atoms with Crippen LogP contribution in [0.1, 0.15) is 27.6 Å². The Hall–Kier alpha value is -1.19. The van der Waals surface area contributed by atoms with Gasteiger partial charge < -0.3 is 9.47 Å². The molecule has 2 nitrogen and oxygen atoms in total. The second-order valence-corrected chi connectivity index (χ2v) is 6.09. The molecule has 1 unspecified atom stereocenters. The summed E-state index contributed by atoms with van der Waals surface area (Å²) in [6, 6.07) is 10.0. The largest absolute Gasteiger partial charge is 0.495 e. The van der Waals surface area contributed by atoms with Crippen LogP contribution in [0.25, 0.3) is 0 Å². The number of alkyl halides is 1. The minimum Gasteiger partial charge on any atom is -0.495 e. The molecule has 4 heteroatoms. The zero-order valence-electron chi connectivity index (χ0n) is 12.5. The number of benzene rings is 2. The van der Waals surface area contributed by atoms with Crippen LogP contribution in [0.15, 0.2) is 34.8 Å². The fourth-order valence-corrected chi connectivity index (χ4v) is 3.43. The van der Waals surface area contributed by atoms with Gasteiger partial charge in [-0.05, 0) is 58.6 Å². The van der Waals surface area contributed by atoms with E-state index in [1.54, 1.807) is 14.2 Å². The molecule has 0 saturated heterocycles. The molecule has 0 N–H and O–H groups in total. The first-order valence-electron chi connectivity index (χ1n) is 6.61. The highest BCUT2D eigenvalue weighted by molar-refractivity contribution is 9.10. The van der Waals surface area contributed by atoms with Gasteiger partial charge in [0.05, 0.1) is 19.6 Å². The van der Waals surface area contributed by atoms with Crippen molar-refractivity contribution in [2.24, 2.45) is 0 Å². The fourth-order valence-electron chi connectivity index (χ4n) is 2.33. The van der Waals surface area contributed by atoms with Crippen molar-refractivity contribution in [1.29, 1.82) is 0 Å². The van der Waals surface area contributed by atoms with Gasteiger partial charge >= 0.3 is 0 Å². The number of halogens is 2. The van der Waals surface area contributed by atoms with E-state index in [0.29, 0.717) is 5.75 Å².